The molecule has 0 saturated heterocycles. The Morgan fingerprint density at radius 3 is 1.40 bits per heavy atom. The van der Waals surface area contributed by atoms with E-state index in [1.165, 1.54) is 77.0 Å². The standard InChI is InChI=1S/C40H70O5/c1-3-5-7-9-11-13-15-17-19-20-21-23-25-27-29-31-33-35-40(43)45-38(36-41)37-44-39(42)34-32-30-28-26-24-22-18-16-14-12-10-8-6-4-2/h11,13,16-19,21,23,38,41H,3-10,12,14-15,20,22,24-37H2,1-2H3/b13-11+,18-16+,19-17+,23-21+/t38-/m0/s1. The summed E-state index contributed by atoms with van der Waals surface area (Å²) in [5, 5.41) is 9.53. The third-order valence-corrected chi connectivity index (χ3v) is 7.85. The normalized spacial score (nSPS) is 12.7. The van der Waals surface area contributed by atoms with Crippen molar-refractivity contribution < 1.29 is 24.2 Å². The molecule has 0 aromatic carbocycles. The SMILES string of the molecule is CCCCC/C=C/C/C=C/C/C=C/CCCCCCC(=O)O[C@@H](CO)COC(=O)CCCCCCC/C=C/CCCCCCC. The predicted molar refractivity (Wildman–Crippen MR) is 191 cm³/mol. The first kappa shape index (κ1) is 42.9. The van der Waals surface area contributed by atoms with E-state index in [1.54, 1.807) is 0 Å². The van der Waals surface area contributed by atoms with Crippen LogP contribution in [0.1, 0.15) is 174 Å². The molecule has 5 nitrogen and oxygen atoms in total. The molecule has 1 atom stereocenters. The van der Waals surface area contributed by atoms with Crippen LogP contribution in [0.3, 0.4) is 0 Å². The minimum Gasteiger partial charge on any atom is -0.462 e. The van der Waals surface area contributed by atoms with Crippen molar-refractivity contribution in [3.63, 3.8) is 0 Å². The number of carbonyl (C=O) groups excluding carboxylic acids is 2. The maximum absolute atomic E-state index is 12.1. The number of carbonyl (C=O) groups is 2. The zero-order valence-corrected chi connectivity index (χ0v) is 29.4. The molecule has 1 N–H and O–H groups in total. The number of hydrogen-bond acceptors (Lipinski definition) is 5. The second kappa shape index (κ2) is 36.3. The molecule has 0 heterocycles. The van der Waals surface area contributed by atoms with Gasteiger partial charge in [0.05, 0.1) is 6.61 Å². The highest BCUT2D eigenvalue weighted by molar-refractivity contribution is 5.70. The van der Waals surface area contributed by atoms with E-state index in [0.29, 0.717) is 12.8 Å². The van der Waals surface area contributed by atoms with E-state index in [1.807, 2.05) is 0 Å². The van der Waals surface area contributed by atoms with Crippen molar-refractivity contribution in [2.75, 3.05) is 13.2 Å². The van der Waals surface area contributed by atoms with Crippen molar-refractivity contribution in [3.05, 3.63) is 48.6 Å². The fourth-order valence-corrected chi connectivity index (χ4v) is 4.97. The van der Waals surface area contributed by atoms with E-state index in [0.717, 1.165) is 70.6 Å². The van der Waals surface area contributed by atoms with Crippen LogP contribution in [0, 0.1) is 0 Å². The Morgan fingerprint density at radius 2 is 0.889 bits per heavy atom. The molecule has 0 aliphatic carbocycles. The summed E-state index contributed by atoms with van der Waals surface area (Å²) in [5.41, 5.74) is 0. The summed E-state index contributed by atoms with van der Waals surface area (Å²) in [6.07, 6.45) is 44.5. The molecule has 0 rings (SSSR count). The summed E-state index contributed by atoms with van der Waals surface area (Å²) in [5.74, 6) is -0.629. The van der Waals surface area contributed by atoms with Crippen molar-refractivity contribution in [2.24, 2.45) is 0 Å². The summed E-state index contributed by atoms with van der Waals surface area (Å²) in [4.78, 5) is 24.2. The summed E-state index contributed by atoms with van der Waals surface area (Å²) in [6.45, 7) is 4.06. The minimum absolute atomic E-state index is 0.0801. The van der Waals surface area contributed by atoms with Gasteiger partial charge >= 0.3 is 11.9 Å². The Kier molecular flexibility index (Phi) is 34.6. The molecule has 0 amide bonds. The molecule has 0 aliphatic rings. The molecule has 0 aliphatic heterocycles. The first-order valence-corrected chi connectivity index (χ1v) is 18.7. The van der Waals surface area contributed by atoms with Gasteiger partial charge in [-0.05, 0) is 77.0 Å². The Labute approximate surface area is 278 Å². The molecular weight excluding hydrogens is 560 g/mol. The highest BCUT2D eigenvalue weighted by Gasteiger charge is 2.16. The van der Waals surface area contributed by atoms with Crippen molar-refractivity contribution in [1.29, 1.82) is 0 Å². The van der Waals surface area contributed by atoms with Gasteiger partial charge in [0, 0.05) is 12.8 Å². The van der Waals surface area contributed by atoms with Crippen LogP contribution in [-0.4, -0.2) is 36.4 Å². The number of aliphatic hydroxyl groups is 1. The Morgan fingerprint density at radius 1 is 0.511 bits per heavy atom. The molecule has 45 heavy (non-hydrogen) atoms. The Bertz CT molecular complexity index is 767. The fourth-order valence-electron chi connectivity index (χ4n) is 4.97. The molecule has 0 aromatic heterocycles. The van der Waals surface area contributed by atoms with Crippen molar-refractivity contribution >= 4 is 11.9 Å². The lowest BCUT2D eigenvalue weighted by molar-refractivity contribution is -0.161. The zero-order valence-electron chi connectivity index (χ0n) is 29.4. The van der Waals surface area contributed by atoms with Crippen LogP contribution >= 0.6 is 0 Å². The molecule has 0 fully saturated rings. The van der Waals surface area contributed by atoms with Gasteiger partial charge in [0.15, 0.2) is 6.10 Å². The molecule has 0 spiro atoms. The van der Waals surface area contributed by atoms with Crippen molar-refractivity contribution in [3.8, 4) is 0 Å². The third kappa shape index (κ3) is 34.6. The van der Waals surface area contributed by atoms with Gasteiger partial charge in [0.1, 0.15) is 6.61 Å². The molecule has 0 unspecified atom stereocenters. The number of ether oxygens (including phenoxy) is 2. The fraction of sp³-hybridized carbons (Fsp3) is 0.750. The average molecular weight is 631 g/mol. The van der Waals surface area contributed by atoms with Crippen LogP contribution in [0.2, 0.25) is 0 Å². The van der Waals surface area contributed by atoms with E-state index in [2.05, 4.69) is 62.5 Å². The molecular formula is C40H70O5. The lowest BCUT2D eigenvalue weighted by atomic mass is 10.1. The van der Waals surface area contributed by atoms with Gasteiger partial charge in [-0.1, -0.05) is 133 Å². The number of allylic oxidation sites excluding steroid dienone is 8. The third-order valence-electron chi connectivity index (χ3n) is 7.85. The maximum atomic E-state index is 12.1. The average Bonchev–Trinajstić information content (AvgIpc) is 3.04. The van der Waals surface area contributed by atoms with Gasteiger partial charge in [-0.3, -0.25) is 9.59 Å². The molecule has 260 valence electrons. The second-order valence-corrected chi connectivity index (χ2v) is 12.3. The van der Waals surface area contributed by atoms with E-state index in [-0.39, 0.29) is 25.2 Å². The highest BCUT2D eigenvalue weighted by atomic mass is 16.6. The summed E-state index contributed by atoms with van der Waals surface area (Å²) < 4.78 is 10.6. The topological polar surface area (TPSA) is 72.8 Å². The Balaban J connectivity index is 3.64. The van der Waals surface area contributed by atoms with Crippen molar-refractivity contribution in [1.82, 2.24) is 0 Å². The lowest BCUT2D eigenvalue weighted by Gasteiger charge is -2.15. The smallest absolute Gasteiger partial charge is 0.306 e. The summed E-state index contributed by atoms with van der Waals surface area (Å²) in [6, 6.07) is 0. The Hall–Kier alpha value is -2.14. The van der Waals surface area contributed by atoms with Crippen LogP contribution in [0.25, 0.3) is 0 Å². The van der Waals surface area contributed by atoms with E-state index in [9.17, 15) is 14.7 Å². The molecule has 5 heteroatoms. The number of hydrogen-bond donors (Lipinski definition) is 1. The number of rotatable bonds is 33. The van der Waals surface area contributed by atoms with Gasteiger partial charge in [-0.15, -0.1) is 0 Å². The van der Waals surface area contributed by atoms with Gasteiger partial charge in [-0.25, -0.2) is 0 Å². The van der Waals surface area contributed by atoms with Gasteiger partial charge < -0.3 is 14.6 Å². The van der Waals surface area contributed by atoms with Crippen LogP contribution in [0.15, 0.2) is 48.6 Å². The van der Waals surface area contributed by atoms with Gasteiger partial charge in [-0.2, -0.15) is 0 Å². The van der Waals surface area contributed by atoms with E-state index < -0.39 is 6.10 Å². The maximum Gasteiger partial charge on any atom is 0.306 e. The summed E-state index contributed by atoms with van der Waals surface area (Å²) >= 11 is 0. The van der Waals surface area contributed by atoms with Crippen LogP contribution in [0.4, 0.5) is 0 Å². The number of unbranched alkanes of at least 4 members (excludes halogenated alkanes) is 17. The minimum atomic E-state index is -0.785. The number of esters is 2. The second-order valence-electron chi connectivity index (χ2n) is 12.3. The molecule has 0 bridgehead atoms. The largest absolute Gasteiger partial charge is 0.462 e. The number of aliphatic hydroxyl groups excluding tert-OH is 1. The lowest BCUT2D eigenvalue weighted by Crippen LogP contribution is -2.28. The van der Waals surface area contributed by atoms with Crippen LogP contribution < -0.4 is 0 Å². The van der Waals surface area contributed by atoms with E-state index >= 15 is 0 Å². The molecule has 0 saturated carbocycles. The van der Waals surface area contributed by atoms with Gasteiger partial charge in [0.2, 0.25) is 0 Å². The predicted octanol–water partition coefficient (Wildman–Crippen LogP) is 11.5. The first-order valence-electron chi connectivity index (χ1n) is 18.7. The summed E-state index contributed by atoms with van der Waals surface area (Å²) in [7, 11) is 0. The van der Waals surface area contributed by atoms with Gasteiger partial charge in [0.25, 0.3) is 0 Å². The molecule has 0 radical (unpaired) electrons. The highest BCUT2D eigenvalue weighted by Crippen LogP contribution is 2.11. The molecule has 0 aromatic rings. The van der Waals surface area contributed by atoms with Crippen LogP contribution in [0.5, 0.6) is 0 Å². The first-order chi connectivity index (χ1) is 22.1. The monoisotopic (exact) mass is 631 g/mol. The van der Waals surface area contributed by atoms with Crippen molar-refractivity contribution in [2.45, 2.75) is 180 Å². The van der Waals surface area contributed by atoms with Crippen LogP contribution in [-0.2, 0) is 19.1 Å². The quantitative estimate of drug-likeness (QED) is 0.0444. The zero-order chi connectivity index (χ0) is 32.9. The van der Waals surface area contributed by atoms with E-state index in [4.69, 9.17) is 9.47 Å².